The maximum Gasteiger partial charge on any atom is 0.410 e. The second-order valence-corrected chi connectivity index (χ2v) is 7.71. The second-order valence-electron chi connectivity index (χ2n) is 7.71. The standard InChI is InChI=1S/C14H26N2O3/c1-11(2,3)19-10(17)16-8-14(18,9-16)13(7-15)6-12(13,4)5/h18H,6-9,15H2,1-5H3. The molecule has 2 fully saturated rings. The first-order valence-corrected chi connectivity index (χ1v) is 6.87. The molecular weight excluding hydrogens is 244 g/mol. The topological polar surface area (TPSA) is 75.8 Å². The van der Waals surface area contributed by atoms with Crippen molar-refractivity contribution in [3.8, 4) is 0 Å². The number of rotatable bonds is 2. The van der Waals surface area contributed by atoms with Gasteiger partial charge in [-0.2, -0.15) is 0 Å². The summed E-state index contributed by atoms with van der Waals surface area (Å²) in [6.07, 6.45) is 0.553. The molecule has 0 radical (unpaired) electrons. The molecule has 0 aromatic heterocycles. The Balaban J connectivity index is 1.98. The number of ether oxygens (including phenoxy) is 1. The first kappa shape index (κ1) is 14.6. The van der Waals surface area contributed by atoms with E-state index in [0.29, 0.717) is 19.6 Å². The van der Waals surface area contributed by atoms with E-state index in [-0.39, 0.29) is 16.9 Å². The monoisotopic (exact) mass is 270 g/mol. The number of carbonyl (C=O) groups excluding carboxylic acids is 1. The number of likely N-dealkylation sites (tertiary alicyclic amines) is 1. The Labute approximate surface area is 115 Å². The van der Waals surface area contributed by atoms with E-state index in [1.54, 1.807) is 4.90 Å². The molecule has 1 saturated carbocycles. The molecule has 1 unspecified atom stereocenters. The summed E-state index contributed by atoms with van der Waals surface area (Å²) in [5.74, 6) is 0. The lowest BCUT2D eigenvalue weighted by Gasteiger charge is -2.52. The molecule has 1 saturated heterocycles. The van der Waals surface area contributed by atoms with Crippen molar-refractivity contribution < 1.29 is 14.6 Å². The van der Waals surface area contributed by atoms with Crippen LogP contribution in [0.4, 0.5) is 4.79 Å². The fourth-order valence-electron chi connectivity index (χ4n) is 3.39. The molecule has 3 N–H and O–H groups in total. The van der Waals surface area contributed by atoms with E-state index < -0.39 is 11.2 Å². The molecule has 19 heavy (non-hydrogen) atoms. The molecule has 1 amide bonds. The van der Waals surface area contributed by atoms with E-state index in [9.17, 15) is 9.90 Å². The van der Waals surface area contributed by atoms with Crippen LogP contribution in [-0.4, -0.2) is 46.9 Å². The highest BCUT2D eigenvalue weighted by Gasteiger charge is 2.73. The number of nitrogens with zero attached hydrogens (tertiary/aromatic N) is 1. The van der Waals surface area contributed by atoms with E-state index in [4.69, 9.17) is 10.5 Å². The molecule has 5 nitrogen and oxygen atoms in total. The Kier molecular flexibility index (Phi) is 2.96. The first-order chi connectivity index (χ1) is 8.46. The van der Waals surface area contributed by atoms with E-state index >= 15 is 0 Å². The summed E-state index contributed by atoms with van der Waals surface area (Å²) in [6.45, 7) is 10.8. The van der Waals surface area contributed by atoms with Crippen LogP contribution in [0.15, 0.2) is 0 Å². The first-order valence-electron chi connectivity index (χ1n) is 6.87. The van der Waals surface area contributed by atoms with E-state index in [1.165, 1.54) is 0 Å². The van der Waals surface area contributed by atoms with Crippen molar-refractivity contribution in [3.05, 3.63) is 0 Å². The summed E-state index contributed by atoms with van der Waals surface area (Å²) in [5, 5.41) is 10.7. The number of hydrogen-bond acceptors (Lipinski definition) is 4. The third-order valence-electron chi connectivity index (χ3n) is 4.71. The summed E-state index contributed by atoms with van der Waals surface area (Å²) in [5.41, 5.74) is 4.31. The number of aliphatic hydroxyl groups is 1. The number of carbonyl (C=O) groups is 1. The summed E-state index contributed by atoms with van der Waals surface area (Å²) >= 11 is 0. The fraction of sp³-hybridized carbons (Fsp3) is 0.929. The highest BCUT2D eigenvalue weighted by atomic mass is 16.6. The Morgan fingerprint density at radius 2 is 1.84 bits per heavy atom. The average Bonchev–Trinajstić information content (AvgIpc) is 2.75. The molecule has 1 aliphatic carbocycles. The third-order valence-corrected chi connectivity index (χ3v) is 4.71. The van der Waals surface area contributed by atoms with Crippen LogP contribution in [0, 0.1) is 10.8 Å². The largest absolute Gasteiger partial charge is 0.444 e. The van der Waals surface area contributed by atoms with Crippen molar-refractivity contribution in [2.24, 2.45) is 16.6 Å². The lowest BCUT2D eigenvalue weighted by atomic mass is 9.73. The molecule has 1 heterocycles. The predicted octanol–water partition coefficient (Wildman–Crippen LogP) is 1.34. The van der Waals surface area contributed by atoms with Gasteiger partial charge in [0, 0.05) is 12.0 Å². The van der Waals surface area contributed by atoms with Crippen LogP contribution in [0.3, 0.4) is 0 Å². The van der Waals surface area contributed by atoms with E-state index in [2.05, 4.69) is 13.8 Å². The van der Waals surface area contributed by atoms with Gasteiger partial charge in [0.25, 0.3) is 0 Å². The minimum atomic E-state index is -0.859. The van der Waals surface area contributed by atoms with Gasteiger partial charge < -0.3 is 20.5 Å². The Hall–Kier alpha value is -0.810. The molecule has 0 spiro atoms. The van der Waals surface area contributed by atoms with Gasteiger partial charge in [-0.15, -0.1) is 0 Å². The zero-order valence-corrected chi connectivity index (χ0v) is 12.6. The number of amides is 1. The molecule has 110 valence electrons. The quantitative estimate of drug-likeness (QED) is 0.794. The minimum absolute atomic E-state index is 0.0521. The Bertz CT molecular complexity index is 394. The van der Waals surface area contributed by atoms with Crippen LogP contribution in [0.2, 0.25) is 0 Å². The smallest absolute Gasteiger partial charge is 0.410 e. The molecule has 5 heteroatoms. The average molecular weight is 270 g/mol. The highest BCUT2D eigenvalue weighted by molar-refractivity contribution is 5.70. The van der Waals surface area contributed by atoms with Gasteiger partial charge >= 0.3 is 6.09 Å². The lowest BCUT2D eigenvalue weighted by molar-refractivity contribution is -0.148. The SMILES string of the molecule is CC(C)(C)OC(=O)N1CC(O)(C2(CN)CC2(C)C)C1. The summed E-state index contributed by atoms with van der Waals surface area (Å²) < 4.78 is 5.30. The third kappa shape index (κ3) is 2.13. The zero-order chi connectivity index (χ0) is 14.7. The summed E-state index contributed by atoms with van der Waals surface area (Å²) in [4.78, 5) is 13.4. The van der Waals surface area contributed by atoms with Crippen molar-refractivity contribution in [3.63, 3.8) is 0 Å². The number of hydrogen-bond donors (Lipinski definition) is 2. The van der Waals surface area contributed by atoms with Gasteiger partial charge in [-0.1, -0.05) is 13.8 Å². The molecule has 1 atom stereocenters. The molecule has 0 aromatic rings. The fourth-order valence-corrected chi connectivity index (χ4v) is 3.39. The maximum atomic E-state index is 11.9. The van der Waals surface area contributed by atoms with Gasteiger partial charge in [0.1, 0.15) is 11.2 Å². The lowest BCUT2D eigenvalue weighted by Crippen LogP contribution is -2.70. The van der Waals surface area contributed by atoms with E-state index in [1.807, 2.05) is 20.8 Å². The van der Waals surface area contributed by atoms with Crippen LogP contribution in [0.1, 0.15) is 41.0 Å². The minimum Gasteiger partial charge on any atom is -0.444 e. The molecule has 1 aliphatic heterocycles. The van der Waals surface area contributed by atoms with Gasteiger partial charge in [-0.25, -0.2) is 4.79 Å². The van der Waals surface area contributed by atoms with Crippen LogP contribution in [-0.2, 0) is 4.74 Å². The zero-order valence-electron chi connectivity index (χ0n) is 12.6. The van der Waals surface area contributed by atoms with Crippen molar-refractivity contribution in [2.45, 2.75) is 52.2 Å². The van der Waals surface area contributed by atoms with Gasteiger partial charge in [-0.05, 0) is 32.6 Å². The molecule has 0 bridgehead atoms. The molecular formula is C14H26N2O3. The maximum absolute atomic E-state index is 11.9. The predicted molar refractivity (Wildman–Crippen MR) is 72.6 cm³/mol. The Morgan fingerprint density at radius 3 is 2.16 bits per heavy atom. The van der Waals surface area contributed by atoms with Crippen LogP contribution in [0.5, 0.6) is 0 Å². The van der Waals surface area contributed by atoms with Gasteiger partial charge in [0.2, 0.25) is 0 Å². The van der Waals surface area contributed by atoms with Gasteiger partial charge in [0.15, 0.2) is 0 Å². The van der Waals surface area contributed by atoms with Crippen LogP contribution < -0.4 is 5.73 Å². The van der Waals surface area contributed by atoms with Crippen molar-refractivity contribution in [2.75, 3.05) is 19.6 Å². The molecule has 2 rings (SSSR count). The number of β-amino-alcohol motifs (C(OH)–C–C–N with tert-alkyl or cyclic N) is 1. The summed E-state index contributed by atoms with van der Waals surface area (Å²) in [6, 6.07) is 0. The summed E-state index contributed by atoms with van der Waals surface area (Å²) in [7, 11) is 0. The second kappa shape index (κ2) is 3.85. The number of nitrogens with two attached hydrogens (primary N) is 1. The normalized spacial score (nSPS) is 31.6. The van der Waals surface area contributed by atoms with Crippen molar-refractivity contribution in [1.82, 2.24) is 4.90 Å². The van der Waals surface area contributed by atoms with Crippen LogP contribution in [0.25, 0.3) is 0 Å². The highest BCUT2D eigenvalue weighted by Crippen LogP contribution is 2.69. The van der Waals surface area contributed by atoms with Gasteiger partial charge in [0.05, 0.1) is 13.1 Å². The molecule has 2 aliphatic rings. The van der Waals surface area contributed by atoms with E-state index in [0.717, 1.165) is 6.42 Å². The molecule has 0 aromatic carbocycles. The Morgan fingerprint density at radius 1 is 1.37 bits per heavy atom. The van der Waals surface area contributed by atoms with Crippen molar-refractivity contribution >= 4 is 6.09 Å². The van der Waals surface area contributed by atoms with Gasteiger partial charge in [-0.3, -0.25) is 0 Å². The van der Waals surface area contributed by atoms with Crippen molar-refractivity contribution in [1.29, 1.82) is 0 Å². The van der Waals surface area contributed by atoms with Crippen LogP contribution >= 0.6 is 0 Å².